The molecule has 1 N–H and O–H groups in total. The molecule has 29 heavy (non-hydrogen) atoms. The number of ether oxygens (including phenoxy) is 1. The molecule has 1 fully saturated rings. The molecule has 0 spiro atoms. The van der Waals surface area contributed by atoms with E-state index in [0.717, 1.165) is 39.3 Å². The molecule has 3 rings (SSSR count). The molecule has 1 saturated heterocycles. The van der Waals surface area contributed by atoms with Crippen molar-refractivity contribution < 1.29 is 13.9 Å². The van der Waals surface area contributed by atoms with Gasteiger partial charge < -0.3 is 14.5 Å². The maximum atomic E-state index is 12.3. The Labute approximate surface area is 179 Å². The van der Waals surface area contributed by atoms with Gasteiger partial charge in [-0.1, -0.05) is 23.2 Å². The fourth-order valence-electron chi connectivity index (χ4n) is 2.98. The monoisotopic (exact) mass is 433 g/mol. The zero-order valence-corrected chi connectivity index (χ0v) is 17.3. The van der Waals surface area contributed by atoms with Crippen molar-refractivity contribution in [1.29, 1.82) is 5.26 Å². The molecule has 0 atom stereocenters. The first-order valence-corrected chi connectivity index (χ1v) is 10.1. The van der Waals surface area contributed by atoms with Crippen LogP contribution < -0.4 is 5.32 Å². The number of carbonyl (C=O) groups is 1. The van der Waals surface area contributed by atoms with E-state index in [1.54, 1.807) is 30.3 Å². The van der Waals surface area contributed by atoms with E-state index in [0.29, 0.717) is 33.7 Å². The van der Waals surface area contributed by atoms with Gasteiger partial charge >= 0.3 is 0 Å². The van der Waals surface area contributed by atoms with Gasteiger partial charge in [0.15, 0.2) is 0 Å². The lowest BCUT2D eigenvalue weighted by Gasteiger charge is -2.26. The van der Waals surface area contributed by atoms with Crippen molar-refractivity contribution in [3.05, 3.63) is 51.7 Å². The molecule has 0 aliphatic carbocycles. The third-order valence-electron chi connectivity index (χ3n) is 4.52. The first-order valence-electron chi connectivity index (χ1n) is 9.32. The molecule has 0 radical (unpaired) electrons. The highest BCUT2D eigenvalue weighted by molar-refractivity contribution is 6.36. The lowest BCUT2D eigenvalue weighted by Crippen LogP contribution is -2.38. The van der Waals surface area contributed by atoms with Crippen molar-refractivity contribution >= 4 is 35.2 Å². The molecule has 1 amide bonds. The molecule has 2 heterocycles. The summed E-state index contributed by atoms with van der Waals surface area (Å²) in [4.78, 5) is 14.6. The zero-order valence-electron chi connectivity index (χ0n) is 15.8. The molecule has 152 valence electrons. The molecule has 0 bridgehead atoms. The SMILES string of the molecule is N#CC(=Cc1ccc(-c2ccc(Cl)cc2Cl)o1)C(=O)NCCCN1CCOCC1. The Hall–Kier alpha value is -2.30. The minimum atomic E-state index is -0.419. The van der Waals surface area contributed by atoms with E-state index in [2.05, 4.69) is 10.2 Å². The van der Waals surface area contributed by atoms with E-state index < -0.39 is 5.91 Å². The van der Waals surface area contributed by atoms with Gasteiger partial charge in [-0.25, -0.2) is 0 Å². The van der Waals surface area contributed by atoms with E-state index in [1.807, 2.05) is 6.07 Å². The molecule has 1 aliphatic heterocycles. The van der Waals surface area contributed by atoms with Gasteiger partial charge in [0.05, 0.1) is 18.2 Å². The normalized spacial score (nSPS) is 15.1. The van der Waals surface area contributed by atoms with Crippen LogP contribution in [0.15, 0.2) is 40.3 Å². The molecule has 1 aromatic heterocycles. The number of benzene rings is 1. The minimum Gasteiger partial charge on any atom is -0.457 e. The molecule has 0 unspecified atom stereocenters. The Morgan fingerprint density at radius 3 is 2.76 bits per heavy atom. The smallest absolute Gasteiger partial charge is 0.262 e. The summed E-state index contributed by atoms with van der Waals surface area (Å²) in [5, 5.41) is 13.1. The highest BCUT2D eigenvalue weighted by Gasteiger charge is 2.13. The van der Waals surface area contributed by atoms with E-state index in [-0.39, 0.29) is 5.57 Å². The van der Waals surface area contributed by atoms with Crippen LogP contribution in [0, 0.1) is 11.3 Å². The Kier molecular flexibility index (Phi) is 7.73. The first-order chi connectivity index (χ1) is 14.1. The summed E-state index contributed by atoms with van der Waals surface area (Å²) in [6.07, 6.45) is 2.23. The van der Waals surface area contributed by atoms with Gasteiger partial charge in [-0.05, 0) is 43.3 Å². The largest absolute Gasteiger partial charge is 0.457 e. The van der Waals surface area contributed by atoms with E-state index in [1.165, 1.54) is 6.08 Å². The summed E-state index contributed by atoms with van der Waals surface area (Å²) >= 11 is 12.1. The van der Waals surface area contributed by atoms with Gasteiger partial charge in [-0.3, -0.25) is 9.69 Å². The predicted molar refractivity (Wildman–Crippen MR) is 113 cm³/mol. The number of carbonyl (C=O) groups excluding carboxylic acids is 1. The summed E-state index contributed by atoms with van der Waals surface area (Å²) < 4.78 is 11.0. The van der Waals surface area contributed by atoms with Crippen LogP contribution >= 0.6 is 23.2 Å². The number of nitrogens with zero attached hydrogens (tertiary/aromatic N) is 2. The molecule has 1 aliphatic rings. The van der Waals surface area contributed by atoms with Crippen molar-refractivity contribution in [3.8, 4) is 17.4 Å². The van der Waals surface area contributed by atoms with Crippen molar-refractivity contribution in [2.24, 2.45) is 0 Å². The summed E-state index contributed by atoms with van der Waals surface area (Å²) in [6.45, 7) is 4.71. The van der Waals surface area contributed by atoms with E-state index in [9.17, 15) is 10.1 Å². The van der Waals surface area contributed by atoms with E-state index in [4.69, 9.17) is 32.4 Å². The Morgan fingerprint density at radius 1 is 1.24 bits per heavy atom. The third-order valence-corrected chi connectivity index (χ3v) is 5.06. The topological polar surface area (TPSA) is 78.5 Å². The lowest BCUT2D eigenvalue weighted by molar-refractivity contribution is -0.117. The van der Waals surface area contributed by atoms with Crippen molar-refractivity contribution in [1.82, 2.24) is 10.2 Å². The molecular weight excluding hydrogens is 413 g/mol. The summed E-state index contributed by atoms with van der Waals surface area (Å²) in [6, 6.07) is 10.4. The fourth-order valence-corrected chi connectivity index (χ4v) is 3.48. The van der Waals surface area contributed by atoms with Crippen molar-refractivity contribution in [2.45, 2.75) is 6.42 Å². The van der Waals surface area contributed by atoms with Gasteiger partial charge in [-0.2, -0.15) is 5.26 Å². The average molecular weight is 434 g/mol. The van der Waals surface area contributed by atoms with Crippen LogP contribution in [0.5, 0.6) is 0 Å². The van der Waals surface area contributed by atoms with Crippen LogP contribution in [0.25, 0.3) is 17.4 Å². The molecule has 6 nitrogen and oxygen atoms in total. The van der Waals surface area contributed by atoms with Gasteiger partial charge in [0.2, 0.25) is 0 Å². The van der Waals surface area contributed by atoms with Crippen LogP contribution in [-0.4, -0.2) is 50.2 Å². The van der Waals surface area contributed by atoms with Crippen molar-refractivity contribution in [2.75, 3.05) is 39.4 Å². The number of rotatable bonds is 7. The Balaban J connectivity index is 1.57. The molecule has 2 aromatic rings. The quantitative estimate of drug-likeness (QED) is 0.405. The maximum Gasteiger partial charge on any atom is 0.262 e. The third kappa shape index (κ3) is 6.09. The zero-order chi connectivity index (χ0) is 20.6. The number of hydrogen-bond acceptors (Lipinski definition) is 5. The minimum absolute atomic E-state index is 0.0144. The number of nitriles is 1. The van der Waals surface area contributed by atoms with Crippen LogP contribution in [0.1, 0.15) is 12.2 Å². The fraction of sp³-hybridized carbons (Fsp3) is 0.333. The number of hydrogen-bond donors (Lipinski definition) is 1. The highest BCUT2D eigenvalue weighted by atomic mass is 35.5. The van der Waals surface area contributed by atoms with Gasteiger partial charge in [-0.15, -0.1) is 0 Å². The van der Waals surface area contributed by atoms with Crippen LogP contribution in [0.2, 0.25) is 10.0 Å². The summed E-state index contributed by atoms with van der Waals surface area (Å²) in [5.41, 5.74) is 0.668. The van der Waals surface area contributed by atoms with E-state index >= 15 is 0 Å². The van der Waals surface area contributed by atoms with Crippen LogP contribution in [0.3, 0.4) is 0 Å². The second-order valence-corrected chi connectivity index (χ2v) is 7.40. The molecular formula is C21H21Cl2N3O3. The number of furan rings is 1. The molecule has 0 saturated carbocycles. The first kappa shape index (κ1) is 21.4. The van der Waals surface area contributed by atoms with Crippen LogP contribution in [-0.2, 0) is 9.53 Å². The van der Waals surface area contributed by atoms with Gasteiger partial charge in [0, 0.05) is 36.3 Å². The standard InChI is InChI=1S/C21H21Cl2N3O3/c22-16-2-4-18(19(23)13-16)20-5-3-17(29-20)12-15(14-24)21(27)25-6-1-7-26-8-10-28-11-9-26/h2-5,12-13H,1,6-11H2,(H,25,27). The predicted octanol–water partition coefficient (Wildman–Crippen LogP) is 4.00. The Bertz CT molecular complexity index is 927. The van der Waals surface area contributed by atoms with Gasteiger partial charge in [0.1, 0.15) is 23.2 Å². The summed E-state index contributed by atoms with van der Waals surface area (Å²) in [5.74, 6) is 0.504. The second-order valence-electron chi connectivity index (χ2n) is 6.56. The number of morpholine rings is 1. The molecule has 8 heteroatoms. The Morgan fingerprint density at radius 2 is 2.03 bits per heavy atom. The number of halogens is 2. The maximum absolute atomic E-state index is 12.3. The second kappa shape index (κ2) is 10.5. The number of nitrogens with one attached hydrogen (secondary N) is 1. The summed E-state index contributed by atoms with van der Waals surface area (Å²) in [7, 11) is 0. The number of amides is 1. The van der Waals surface area contributed by atoms with Crippen LogP contribution in [0.4, 0.5) is 0 Å². The highest BCUT2D eigenvalue weighted by Crippen LogP contribution is 2.31. The molecule has 1 aromatic carbocycles. The van der Waals surface area contributed by atoms with Crippen molar-refractivity contribution in [3.63, 3.8) is 0 Å². The average Bonchev–Trinajstić information content (AvgIpc) is 3.18. The lowest BCUT2D eigenvalue weighted by atomic mass is 10.2. The van der Waals surface area contributed by atoms with Gasteiger partial charge in [0.25, 0.3) is 5.91 Å².